The lowest BCUT2D eigenvalue weighted by Gasteiger charge is -2.39. The maximum Gasteiger partial charge on any atom is 0.160 e. The second-order valence-corrected chi connectivity index (χ2v) is 14.7. The summed E-state index contributed by atoms with van der Waals surface area (Å²) in [7, 11) is 0. The zero-order chi connectivity index (χ0) is 39.3. The Labute approximate surface area is 338 Å². The van der Waals surface area contributed by atoms with E-state index < -0.39 is 0 Å². The zero-order valence-corrected chi connectivity index (χ0v) is 31.9. The van der Waals surface area contributed by atoms with E-state index in [1.807, 2.05) is 121 Å². The van der Waals surface area contributed by atoms with Crippen LogP contribution in [0.5, 0.6) is 0 Å². The van der Waals surface area contributed by atoms with Crippen LogP contribution in [0.3, 0.4) is 0 Å². The van der Waals surface area contributed by atoms with Crippen molar-refractivity contribution in [3.05, 3.63) is 192 Å². The van der Waals surface area contributed by atoms with Crippen LogP contribution in [0.1, 0.15) is 54.4 Å². The van der Waals surface area contributed by atoms with E-state index in [1.165, 1.54) is 17.5 Å². The summed E-state index contributed by atoms with van der Waals surface area (Å²) in [4.78, 5) is 19.9. The fraction of sp³-hybridized carbons (Fsp3) is 0.115. The second kappa shape index (κ2) is 15.9. The van der Waals surface area contributed by atoms with Gasteiger partial charge in [-0.3, -0.25) is 0 Å². The number of hydrogen-bond donors (Lipinski definition) is 0. The highest BCUT2D eigenvalue weighted by Gasteiger charge is 2.36. The predicted molar refractivity (Wildman–Crippen MR) is 230 cm³/mol. The minimum Gasteiger partial charge on any atom is -0.227 e. The van der Waals surface area contributed by atoms with Gasteiger partial charge in [-0.05, 0) is 24.0 Å². The Morgan fingerprint density at radius 2 is 0.638 bits per heavy atom. The van der Waals surface area contributed by atoms with Crippen LogP contribution in [0, 0.1) is 22.7 Å². The van der Waals surface area contributed by atoms with Crippen molar-refractivity contribution in [3.8, 4) is 79.9 Å². The molecule has 1 saturated carbocycles. The molecule has 6 nitrogen and oxygen atoms in total. The highest BCUT2D eigenvalue weighted by atomic mass is 14.9. The zero-order valence-electron chi connectivity index (χ0n) is 31.9. The number of nitrogens with zero attached hydrogens (tertiary/aromatic N) is 6. The molecular formula is C52H38N6. The Hall–Kier alpha value is -7.54. The summed E-state index contributed by atoms with van der Waals surface area (Å²) >= 11 is 0. The van der Waals surface area contributed by atoms with Crippen LogP contribution in [-0.4, -0.2) is 19.9 Å². The monoisotopic (exact) mass is 746 g/mol. The molecule has 6 aromatic carbocycles. The number of hydrogen-bond acceptors (Lipinski definition) is 6. The van der Waals surface area contributed by atoms with Gasteiger partial charge in [-0.1, -0.05) is 189 Å². The van der Waals surface area contributed by atoms with Gasteiger partial charge < -0.3 is 0 Å². The molecule has 0 bridgehead atoms. The molecule has 1 fully saturated rings. The molecule has 0 radical (unpaired) electrons. The van der Waals surface area contributed by atoms with E-state index in [9.17, 15) is 10.5 Å². The van der Waals surface area contributed by atoms with E-state index in [0.29, 0.717) is 45.6 Å². The van der Waals surface area contributed by atoms with Crippen LogP contribution < -0.4 is 0 Å². The number of nitriles is 2. The van der Waals surface area contributed by atoms with E-state index in [4.69, 9.17) is 19.9 Å². The lowest BCUT2D eigenvalue weighted by Crippen LogP contribution is -2.30. The van der Waals surface area contributed by atoms with Crippen molar-refractivity contribution in [3.63, 3.8) is 0 Å². The fourth-order valence-electron chi connectivity index (χ4n) is 8.39. The van der Waals surface area contributed by atoms with E-state index in [0.717, 1.165) is 59.1 Å². The van der Waals surface area contributed by atoms with Gasteiger partial charge in [0.25, 0.3) is 0 Å². The molecule has 0 N–H and O–H groups in total. The third kappa shape index (κ3) is 6.83. The third-order valence-electron chi connectivity index (χ3n) is 11.3. The normalized spacial score (nSPS) is 13.3. The van der Waals surface area contributed by atoms with Crippen LogP contribution in [0.15, 0.2) is 170 Å². The summed E-state index contributed by atoms with van der Waals surface area (Å²) in [6, 6.07) is 61.8. The SMILES string of the molecule is N#Cc1c(-c2ccccc2)nc(-c2ccccc2)nc1-c1ccc(C2(c3ccc(-c4nc(-c5ccccc5)nc(-c5ccccc5)c4C#N)cc3)CCCCC2)cc1. The first-order chi connectivity index (χ1) is 28.6. The van der Waals surface area contributed by atoms with Crippen LogP contribution in [0.2, 0.25) is 0 Å². The number of aromatic nitrogens is 4. The highest BCUT2D eigenvalue weighted by Crippen LogP contribution is 2.46. The minimum atomic E-state index is -0.197. The van der Waals surface area contributed by atoms with E-state index in [1.54, 1.807) is 0 Å². The molecule has 2 heterocycles. The van der Waals surface area contributed by atoms with Gasteiger partial charge in [-0.2, -0.15) is 10.5 Å². The van der Waals surface area contributed by atoms with Crippen molar-refractivity contribution in [2.45, 2.75) is 37.5 Å². The van der Waals surface area contributed by atoms with Crippen molar-refractivity contribution in [1.82, 2.24) is 19.9 Å². The number of rotatable bonds is 8. The Balaban J connectivity index is 1.12. The summed E-state index contributed by atoms with van der Waals surface area (Å²) in [6.45, 7) is 0. The molecule has 0 amide bonds. The van der Waals surface area contributed by atoms with Crippen molar-refractivity contribution >= 4 is 0 Å². The molecule has 1 aliphatic carbocycles. The molecule has 2 aromatic heterocycles. The van der Waals surface area contributed by atoms with Gasteiger partial charge in [0.05, 0.1) is 22.8 Å². The molecule has 8 aromatic rings. The summed E-state index contributed by atoms with van der Waals surface area (Å²) < 4.78 is 0. The van der Waals surface area contributed by atoms with Crippen LogP contribution >= 0.6 is 0 Å². The number of benzene rings is 6. The molecule has 58 heavy (non-hydrogen) atoms. The van der Waals surface area contributed by atoms with Gasteiger partial charge >= 0.3 is 0 Å². The van der Waals surface area contributed by atoms with Crippen molar-refractivity contribution in [2.75, 3.05) is 0 Å². The van der Waals surface area contributed by atoms with Crippen molar-refractivity contribution in [1.29, 1.82) is 10.5 Å². The van der Waals surface area contributed by atoms with Gasteiger partial charge in [-0.15, -0.1) is 0 Å². The molecule has 0 unspecified atom stereocenters. The standard InChI is InChI=1S/C52H38N6/c53-34-44-46(36-16-6-1-7-17-36)55-50(40-20-10-3-11-21-40)57-48(44)38-24-28-42(29-25-38)52(32-14-5-15-33-52)43-30-26-39(27-31-43)49-45(35-54)47(37-18-8-2-9-19-37)56-51(58-49)41-22-12-4-13-23-41/h1-4,6-13,16-31H,5,14-15,32-33H2. The average Bonchev–Trinajstić information content (AvgIpc) is 3.32. The summed E-state index contributed by atoms with van der Waals surface area (Å²) in [5.74, 6) is 1.16. The molecule has 0 spiro atoms. The molecule has 6 heteroatoms. The topological polar surface area (TPSA) is 99.1 Å². The summed E-state index contributed by atoms with van der Waals surface area (Å²) in [5, 5.41) is 21.1. The van der Waals surface area contributed by atoms with Gasteiger partial charge in [0.15, 0.2) is 11.6 Å². The molecule has 0 atom stereocenters. The summed E-state index contributed by atoms with van der Waals surface area (Å²) in [6.07, 6.45) is 5.49. The first-order valence-corrected chi connectivity index (χ1v) is 19.7. The first kappa shape index (κ1) is 36.1. The Morgan fingerprint density at radius 3 is 0.948 bits per heavy atom. The molecule has 1 aliphatic rings. The summed E-state index contributed by atoms with van der Waals surface area (Å²) in [5.41, 5.74) is 10.9. The largest absolute Gasteiger partial charge is 0.227 e. The van der Waals surface area contributed by atoms with E-state index >= 15 is 0 Å². The lowest BCUT2D eigenvalue weighted by molar-refractivity contribution is 0.346. The Bertz CT molecular complexity index is 2590. The minimum absolute atomic E-state index is 0.197. The molecule has 0 aliphatic heterocycles. The van der Waals surface area contributed by atoms with Gasteiger partial charge in [0.2, 0.25) is 0 Å². The van der Waals surface area contributed by atoms with Gasteiger partial charge in [0, 0.05) is 38.8 Å². The van der Waals surface area contributed by atoms with E-state index in [2.05, 4.69) is 60.7 Å². The van der Waals surface area contributed by atoms with Crippen molar-refractivity contribution < 1.29 is 0 Å². The maximum atomic E-state index is 10.6. The first-order valence-electron chi connectivity index (χ1n) is 19.7. The van der Waals surface area contributed by atoms with Gasteiger partial charge in [0.1, 0.15) is 23.3 Å². The molecular weight excluding hydrogens is 709 g/mol. The van der Waals surface area contributed by atoms with Crippen molar-refractivity contribution in [2.24, 2.45) is 0 Å². The quantitative estimate of drug-likeness (QED) is 0.153. The third-order valence-corrected chi connectivity index (χ3v) is 11.3. The van der Waals surface area contributed by atoms with Crippen LogP contribution in [-0.2, 0) is 5.41 Å². The second-order valence-electron chi connectivity index (χ2n) is 14.7. The predicted octanol–water partition coefficient (Wildman–Crippen LogP) is 12.3. The smallest absolute Gasteiger partial charge is 0.160 e. The average molecular weight is 747 g/mol. The molecule has 9 rings (SSSR count). The Morgan fingerprint density at radius 1 is 0.345 bits per heavy atom. The fourth-order valence-corrected chi connectivity index (χ4v) is 8.39. The van der Waals surface area contributed by atoms with Gasteiger partial charge in [-0.25, -0.2) is 19.9 Å². The maximum absolute atomic E-state index is 10.6. The molecule has 0 saturated heterocycles. The van der Waals surface area contributed by atoms with Crippen LogP contribution in [0.25, 0.3) is 67.8 Å². The highest BCUT2D eigenvalue weighted by molar-refractivity contribution is 5.81. The van der Waals surface area contributed by atoms with E-state index in [-0.39, 0.29) is 5.41 Å². The Kier molecular flexibility index (Phi) is 9.90. The molecule has 276 valence electrons. The van der Waals surface area contributed by atoms with Crippen LogP contribution in [0.4, 0.5) is 0 Å². The lowest BCUT2D eigenvalue weighted by atomic mass is 9.65.